The minimum absolute atomic E-state index is 0.0371. The Bertz CT molecular complexity index is 749. The van der Waals surface area contributed by atoms with Crippen molar-refractivity contribution >= 4 is 23.1 Å². The second kappa shape index (κ2) is 9.35. The standard InChI is InChI=1S/C22H30N4O2/c1-4-24(5-2)19-8-6-18(7-9-19)23-22(27)26-16-14-25(15-17-26)20-10-12-21(28-3)13-11-20/h6-13H,4-5,14-17H2,1-3H3,(H,23,27). The Morgan fingerprint density at radius 1 is 0.964 bits per heavy atom. The molecule has 6 nitrogen and oxygen atoms in total. The summed E-state index contributed by atoms with van der Waals surface area (Å²) >= 11 is 0. The highest BCUT2D eigenvalue weighted by Crippen LogP contribution is 2.21. The van der Waals surface area contributed by atoms with Crippen LogP contribution in [-0.4, -0.2) is 57.3 Å². The third-order valence-corrected chi connectivity index (χ3v) is 5.25. The van der Waals surface area contributed by atoms with Crippen molar-refractivity contribution < 1.29 is 9.53 Å². The topological polar surface area (TPSA) is 48.1 Å². The molecule has 2 aromatic carbocycles. The number of ether oxygens (including phenoxy) is 1. The van der Waals surface area contributed by atoms with Gasteiger partial charge >= 0.3 is 6.03 Å². The molecule has 1 aliphatic heterocycles. The fourth-order valence-electron chi connectivity index (χ4n) is 3.51. The second-order valence-electron chi connectivity index (χ2n) is 6.82. The normalized spacial score (nSPS) is 14.0. The van der Waals surface area contributed by atoms with Gasteiger partial charge in [0.15, 0.2) is 0 Å². The Hall–Kier alpha value is -2.89. The van der Waals surface area contributed by atoms with Crippen LogP contribution in [0.3, 0.4) is 0 Å². The highest BCUT2D eigenvalue weighted by molar-refractivity contribution is 5.89. The van der Waals surface area contributed by atoms with E-state index in [2.05, 4.69) is 53.2 Å². The van der Waals surface area contributed by atoms with E-state index < -0.39 is 0 Å². The largest absolute Gasteiger partial charge is 0.497 e. The number of carbonyl (C=O) groups is 1. The number of rotatable bonds is 6. The molecule has 0 aliphatic carbocycles. The van der Waals surface area contributed by atoms with Crippen LogP contribution in [0.1, 0.15) is 13.8 Å². The first kappa shape index (κ1) is 19.9. The molecule has 0 unspecified atom stereocenters. The smallest absolute Gasteiger partial charge is 0.321 e. The fourth-order valence-corrected chi connectivity index (χ4v) is 3.51. The van der Waals surface area contributed by atoms with Crippen molar-refractivity contribution in [2.24, 2.45) is 0 Å². The molecule has 1 N–H and O–H groups in total. The van der Waals surface area contributed by atoms with Crippen LogP contribution in [0.5, 0.6) is 5.75 Å². The van der Waals surface area contributed by atoms with Crippen LogP contribution < -0.4 is 19.9 Å². The summed E-state index contributed by atoms with van der Waals surface area (Å²) in [6.07, 6.45) is 0. The molecule has 1 saturated heterocycles. The second-order valence-corrected chi connectivity index (χ2v) is 6.82. The lowest BCUT2D eigenvalue weighted by Crippen LogP contribution is -2.50. The van der Waals surface area contributed by atoms with Gasteiger partial charge in [-0.2, -0.15) is 0 Å². The minimum atomic E-state index is -0.0371. The number of benzene rings is 2. The van der Waals surface area contributed by atoms with Crippen LogP contribution in [-0.2, 0) is 0 Å². The van der Waals surface area contributed by atoms with Crippen LogP contribution >= 0.6 is 0 Å². The number of piperazine rings is 1. The van der Waals surface area contributed by atoms with Crippen molar-refractivity contribution in [3.05, 3.63) is 48.5 Å². The van der Waals surface area contributed by atoms with Gasteiger partial charge in [0.1, 0.15) is 5.75 Å². The number of carbonyl (C=O) groups excluding carboxylic acids is 1. The van der Waals surface area contributed by atoms with Gasteiger partial charge < -0.3 is 24.8 Å². The van der Waals surface area contributed by atoms with Gasteiger partial charge in [0, 0.05) is 56.3 Å². The predicted molar refractivity (Wildman–Crippen MR) is 116 cm³/mol. The molecule has 2 amide bonds. The lowest BCUT2D eigenvalue weighted by molar-refractivity contribution is 0.208. The number of amides is 2. The van der Waals surface area contributed by atoms with E-state index in [9.17, 15) is 4.79 Å². The van der Waals surface area contributed by atoms with Crippen molar-refractivity contribution in [3.8, 4) is 5.75 Å². The van der Waals surface area contributed by atoms with Gasteiger partial charge in [0.2, 0.25) is 0 Å². The molecule has 2 aromatic rings. The summed E-state index contributed by atoms with van der Waals surface area (Å²) in [5.41, 5.74) is 3.17. The zero-order chi connectivity index (χ0) is 19.9. The lowest BCUT2D eigenvalue weighted by Gasteiger charge is -2.36. The first-order valence-corrected chi connectivity index (χ1v) is 9.94. The van der Waals surface area contributed by atoms with Crippen LogP contribution in [0.25, 0.3) is 0 Å². The molecule has 3 rings (SSSR count). The monoisotopic (exact) mass is 382 g/mol. The molecular formula is C22H30N4O2. The average Bonchev–Trinajstić information content (AvgIpc) is 2.76. The van der Waals surface area contributed by atoms with E-state index in [1.165, 1.54) is 5.69 Å². The maximum Gasteiger partial charge on any atom is 0.321 e. The van der Waals surface area contributed by atoms with E-state index in [0.29, 0.717) is 13.1 Å². The van der Waals surface area contributed by atoms with E-state index in [0.717, 1.165) is 43.3 Å². The Balaban J connectivity index is 1.52. The maximum absolute atomic E-state index is 12.6. The van der Waals surface area contributed by atoms with E-state index in [4.69, 9.17) is 4.74 Å². The molecule has 0 spiro atoms. The van der Waals surface area contributed by atoms with Crippen molar-refractivity contribution in [3.63, 3.8) is 0 Å². The highest BCUT2D eigenvalue weighted by Gasteiger charge is 2.21. The molecule has 0 bridgehead atoms. The molecule has 0 radical (unpaired) electrons. The molecule has 6 heteroatoms. The zero-order valence-electron chi connectivity index (χ0n) is 17.0. The minimum Gasteiger partial charge on any atom is -0.497 e. The SMILES string of the molecule is CCN(CC)c1ccc(NC(=O)N2CCN(c3ccc(OC)cc3)CC2)cc1. The number of methoxy groups -OCH3 is 1. The maximum atomic E-state index is 12.6. The van der Waals surface area contributed by atoms with E-state index >= 15 is 0 Å². The summed E-state index contributed by atoms with van der Waals surface area (Å²) in [5.74, 6) is 0.855. The Morgan fingerprint density at radius 2 is 1.57 bits per heavy atom. The van der Waals surface area contributed by atoms with Gasteiger partial charge in [-0.15, -0.1) is 0 Å². The summed E-state index contributed by atoms with van der Waals surface area (Å²) in [5, 5.41) is 3.02. The summed E-state index contributed by atoms with van der Waals surface area (Å²) in [6.45, 7) is 9.28. The van der Waals surface area contributed by atoms with Gasteiger partial charge in [0.25, 0.3) is 0 Å². The van der Waals surface area contributed by atoms with Crippen LogP contribution in [0.2, 0.25) is 0 Å². The van der Waals surface area contributed by atoms with Crippen LogP contribution in [0.4, 0.5) is 21.9 Å². The molecule has 1 fully saturated rings. The predicted octanol–water partition coefficient (Wildman–Crippen LogP) is 3.90. The fraction of sp³-hybridized carbons (Fsp3) is 0.409. The van der Waals surface area contributed by atoms with Gasteiger partial charge in [-0.3, -0.25) is 0 Å². The number of urea groups is 1. The van der Waals surface area contributed by atoms with E-state index in [1.54, 1.807) is 7.11 Å². The summed E-state index contributed by atoms with van der Waals surface area (Å²) < 4.78 is 5.21. The van der Waals surface area contributed by atoms with Gasteiger partial charge in [-0.1, -0.05) is 0 Å². The molecule has 0 atom stereocenters. The summed E-state index contributed by atoms with van der Waals surface area (Å²) in [6, 6.07) is 16.1. The first-order valence-electron chi connectivity index (χ1n) is 9.94. The Labute approximate surface area is 167 Å². The third kappa shape index (κ3) is 4.68. The van der Waals surface area contributed by atoms with Gasteiger partial charge in [0.05, 0.1) is 7.11 Å². The molecule has 150 valence electrons. The van der Waals surface area contributed by atoms with Crippen molar-refractivity contribution in [2.75, 3.05) is 61.5 Å². The van der Waals surface area contributed by atoms with Crippen LogP contribution in [0, 0.1) is 0 Å². The van der Waals surface area contributed by atoms with Crippen molar-refractivity contribution in [1.82, 2.24) is 4.90 Å². The van der Waals surface area contributed by atoms with Crippen molar-refractivity contribution in [1.29, 1.82) is 0 Å². The van der Waals surface area contributed by atoms with Gasteiger partial charge in [-0.25, -0.2) is 4.79 Å². The van der Waals surface area contributed by atoms with Crippen molar-refractivity contribution in [2.45, 2.75) is 13.8 Å². The van der Waals surface area contributed by atoms with Gasteiger partial charge in [-0.05, 0) is 62.4 Å². The average molecular weight is 383 g/mol. The quantitative estimate of drug-likeness (QED) is 0.823. The van der Waals surface area contributed by atoms with E-state index in [-0.39, 0.29) is 6.03 Å². The highest BCUT2D eigenvalue weighted by atomic mass is 16.5. The molecule has 1 aliphatic rings. The number of hydrogen-bond acceptors (Lipinski definition) is 4. The number of anilines is 3. The molecule has 0 saturated carbocycles. The Morgan fingerprint density at radius 3 is 2.11 bits per heavy atom. The molecule has 28 heavy (non-hydrogen) atoms. The zero-order valence-corrected chi connectivity index (χ0v) is 17.0. The molecule has 1 heterocycles. The third-order valence-electron chi connectivity index (χ3n) is 5.25. The first-order chi connectivity index (χ1) is 13.6. The number of hydrogen-bond donors (Lipinski definition) is 1. The number of nitrogens with one attached hydrogen (secondary N) is 1. The molecule has 0 aromatic heterocycles. The summed E-state index contributed by atoms with van der Waals surface area (Å²) in [7, 11) is 1.67. The van der Waals surface area contributed by atoms with Crippen LogP contribution in [0.15, 0.2) is 48.5 Å². The number of nitrogens with zero attached hydrogens (tertiary/aromatic N) is 3. The van der Waals surface area contributed by atoms with E-state index in [1.807, 2.05) is 29.2 Å². The summed E-state index contributed by atoms with van der Waals surface area (Å²) in [4.78, 5) is 19.0. The lowest BCUT2D eigenvalue weighted by atomic mass is 10.2. The Kier molecular flexibility index (Phi) is 6.63. The molecular weight excluding hydrogens is 352 g/mol.